The molecule has 0 bridgehead atoms. The van der Waals surface area contributed by atoms with Crippen molar-refractivity contribution in [3.05, 3.63) is 0 Å². The number of amides is 3. The number of nitrogens with one attached hydrogen (secondary N) is 2. The van der Waals surface area contributed by atoms with Crippen molar-refractivity contribution in [3.63, 3.8) is 0 Å². The monoisotopic (exact) mass is 350 g/mol. The van der Waals surface area contributed by atoms with Crippen LogP contribution in [0.3, 0.4) is 0 Å². The Hall–Kier alpha value is -1.30. The molecule has 2 aliphatic heterocycles. The number of hydrogen-bond acceptors (Lipinski definition) is 3. The van der Waals surface area contributed by atoms with Gasteiger partial charge in [-0.05, 0) is 51.5 Å². The van der Waals surface area contributed by atoms with Crippen LogP contribution in [-0.2, 0) is 4.79 Å². The molecule has 142 valence electrons. The van der Waals surface area contributed by atoms with Gasteiger partial charge in [-0.25, -0.2) is 4.79 Å². The number of likely N-dealkylation sites (tertiary alicyclic amines) is 2. The summed E-state index contributed by atoms with van der Waals surface area (Å²) in [6.45, 7) is 6.57. The Labute approximate surface area is 151 Å². The molecule has 25 heavy (non-hydrogen) atoms. The minimum absolute atomic E-state index is 0.0900. The second kappa shape index (κ2) is 8.88. The van der Waals surface area contributed by atoms with E-state index >= 15 is 0 Å². The van der Waals surface area contributed by atoms with Gasteiger partial charge in [-0.15, -0.1) is 0 Å². The predicted octanol–water partition coefficient (Wildman–Crippen LogP) is 1.95. The molecular weight excluding hydrogens is 316 g/mol. The maximum atomic E-state index is 12.3. The number of unbranched alkanes of at least 4 members (excludes halogenated alkanes) is 1. The lowest BCUT2D eigenvalue weighted by molar-refractivity contribution is -0.127. The first kappa shape index (κ1) is 18.5. The van der Waals surface area contributed by atoms with Crippen molar-refractivity contribution in [1.82, 2.24) is 20.4 Å². The van der Waals surface area contributed by atoms with Crippen LogP contribution in [0.2, 0.25) is 0 Å². The van der Waals surface area contributed by atoms with Crippen molar-refractivity contribution >= 4 is 11.9 Å². The van der Waals surface area contributed by atoms with Crippen LogP contribution in [-0.4, -0.2) is 66.5 Å². The van der Waals surface area contributed by atoms with E-state index in [0.717, 1.165) is 84.1 Å². The highest BCUT2D eigenvalue weighted by Gasteiger charge is 2.34. The molecule has 1 unspecified atom stereocenters. The molecule has 3 aliphatic rings. The van der Waals surface area contributed by atoms with Crippen LogP contribution in [0.25, 0.3) is 0 Å². The van der Waals surface area contributed by atoms with Gasteiger partial charge in [-0.1, -0.05) is 13.3 Å². The first-order valence-electron chi connectivity index (χ1n) is 10.2. The number of piperidine rings is 2. The summed E-state index contributed by atoms with van der Waals surface area (Å²) >= 11 is 0. The molecule has 2 N–H and O–H groups in total. The van der Waals surface area contributed by atoms with Gasteiger partial charge in [-0.3, -0.25) is 9.69 Å². The second-order valence-electron chi connectivity index (χ2n) is 7.92. The third kappa shape index (κ3) is 5.33. The Morgan fingerprint density at radius 3 is 2.48 bits per heavy atom. The molecule has 0 spiro atoms. The molecule has 3 fully saturated rings. The number of carbonyl (C=O) groups excluding carboxylic acids is 2. The molecule has 0 aromatic heterocycles. The average Bonchev–Trinajstić information content (AvgIpc) is 3.46. The van der Waals surface area contributed by atoms with Crippen molar-refractivity contribution < 1.29 is 9.59 Å². The molecule has 1 aliphatic carbocycles. The third-order valence-electron chi connectivity index (χ3n) is 5.82. The van der Waals surface area contributed by atoms with Gasteiger partial charge in [0.25, 0.3) is 0 Å². The van der Waals surface area contributed by atoms with E-state index in [1.54, 1.807) is 0 Å². The molecule has 3 rings (SSSR count). The predicted molar refractivity (Wildman–Crippen MR) is 98.4 cm³/mol. The summed E-state index contributed by atoms with van der Waals surface area (Å²) in [7, 11) is 0. The Morgan fingerprint density at radius 2 is 1.80 bits per heavy atom. The van der Waals surface area contributed by atoms with Gasteiger partial charge >= 0.3 is 6.03 Å². The lowest BCUT2D eigenvalue weighted by Crippen LogP contribution is -2.53. The smallest absolute Gasteiger partial charge is 0.317 e. The zero-order valence-corrected chi connectivity index (χ0v) is 15.6. The van der Waals surface area contributed by atoms with Crippen LogP contribution in [0.15, 0.2) is 0 Å². The summed E-state index contributed by atoms with van der Waals surface area (Å²) in [5.41, 5.74) is 0. The largest absolute Gasteiger partial charge is 0.353 e. The summed E-state index contributed by atoms with van der Waals surface area (Å²) in [4.78, 5) is 29.0. The van der Waals surface area contributed by atoms with Gasteiger partial charge in [0, 0.05) is 38.3 Å². The Bertz CT molecular complexity index is 458. The summed E-state index contributed by atoms with van der Waals surface area (Å²) in [6, 6.07) is 1.07. The topological polar surface area (TPSA) is 64.7 Å². The summed E-state index contributed by atoms with van der Waals surface area (Å²) < 4.78 is 0. The van der Waals surface area contributed by atoms with E-state index in [9.17, 15) is 9.59 Å². The van der Waals surface area contributed by atoms with Crippen molar-refractivity contribution in [3.8, 4) is 0 Å². The van der Waals surface area contributed by atoms with Crippen LogP contribution in [0.1, 0.15) is 58.3 Å². The number of urea groups is 1. The number of hydrogen-bond donors (Lipinski definition) is 2. The minimum Gasteiger partial charge on any atom is -0.353 e. The van der Waals surface area contributed by atoms with Crippen LogP contribution in [0, 0.1) is 5.92 Å². The number of carbonyl (C=O) groups is 2. The summed E-state index contributed by atoms with van der Waals surface area (Å²) in [5.74, 6) is 0.421. The van der Waals surface area contributed by atoms with E-state index < -0.39 is 0 Å². The quantitative estimate of drug-likeness (QED) is 0.720. The van der Waals surface area contributed by atoms with Gasteiger partial charge in [-0.2, -0.15) is 0 Å². The van der Waals surface area contributed by atoms with Crippen molar-refractivity contribution in [1.29, 1.82) is 0 Å². The van der Waals surface area contributed by atoms with Crippen LogP contribution >= 0.6 is 0 Å². The molecular formula is C19H34N4O2. The normalized spacial score (nSPS) is 25.6. The fraction of sp³-hybridized carbons (Fsp3) is 0.895. The maximum Gasteiger partial charge on any atom is 0.317 e. The maximum absolute atomic E-state index is 12.3. The molecule has 6 nitrogen and oxygen atoms in total. The van der Waals surface area contributed by atoms with Gasteiger partial charge in [0.15, 0.2) is 0 Å². The van der Waals surface area contributed by atoms with Gasteiger partial charge in [0.1, 0.15) is 0 Å². The van der Waals surface area contributed by atoms with Crippen LogP contribution in [0.4, 0.5) is 4.79 Å². The average molecular weight is 351 g/mol. The fourth-order valence-electron chi connectivity index (χ4n) is 4.02. The van der Waals surface area contributed by atoms with Gasteiger partial charge in [0.05, 0.1) is 5.92 Å². The Morgan fingerprint density at radius 1 is 1.04 bits per heavy atom. The lowest BCUT2D eigenvalue weighted by atomic mass is 9.93. The first-order chi connectivity index (χ1) is 12.2. The molecule has 2 heterocycles. The standard InChI is InChI=1S/C19H34N4O2/c1-2-3-10-20-19(25)22-12-8-17(9-13-22)23-11-4-5-15(14-23)18(24)21-16-6-7-16/h15-17H,2-14H2,1H3,(H,20,25)(H,21,24). The van der Waals surface area contributed by atoms with E-state index in [4.69, 9.17) is 0 Å². The molecule has 1 atom stereocenters. The van der Waals surface area contributed by atoms with Gasteiger partial charge < -0.3 is 15.5 Å². The molecule has 0 radical (unpaired) electrons. The highest BCUT2D eigenvalue weighted by Crippen LogP contribution is 2.25. The number of rotatable bonds is 6. The first-order valence-corrected chi connectivity index (χ1v) is 10.2. The molecule has 0 aromatic rings. The van der Waals surface area contributed by atoms with E-state index in [0.29, 0.717) is 12.1 Å². The molecule has 2 saturated heterocycles. The van der Waals surface area contributed by atoms with Gasteiger partial charge in [0.2, 0.25) is 5.91 Å². The highest BCUT2D eigenvalue weighted by atomic mass is 16.2. The fourth-order valence-corrected chi connectivity index (χ4v) is 4.02. The van der Waals surface area contributed by atoms with E-state index in [1.807, 2.05) is 4.90 Å². The summed E-state index contributed by atoms with van der Waals surface area (Å²) in [6.07, 6.45) is 8.64. The van der Waals surface area contributed by atoms with E-state index in [-0.39, 0.29) is 17.9 Å². The third-order valence-corrected chi connectivity index (χ3v) is 5.82. The minimum atomic E-state index is 0.0900. The Balaban J connectivity index is 1.41. The second-order valence-corrected chi connectivity index (χ2v) is 7.92. The molecule has 3 amide bonds. The number of nitrogens with zero attached hydrogens (tertiary/aromatic N) is 2. The highest BCUT2D eigenvalue weighted by molar-refractivity contribution is 5.79. The summed E-state index contributed by atoms with van der Waals surface area (Å²) in [5, 5.41) is 6.18. The molecule has 1 saturated carbocycles. The van der Waals surface area contributed by atoms with Crippen LogP contribution < -0.4 is 10.6 Å². The molecule has 0 aromatic carbocycles. The lowest BCUT2D eigenvalue weighted by Gasteiger charge is -2.42. The molecule has 6 heteroatoms. The van der Waals surface area contributed by atoms with E-state index in [2.05, 4.69) is 22.5 Å². The van der Waals surface area contributed by atoms with Crippen LogP contribution in [0.5, 0.6) is 0 Å². The zero-order valence-electron chi connectivity index (χ0n) is 15.6. The van der Waals surface area contributed by atoms with Crippen molar-refractivity contribution in [2.75, 3.05) is 32.7 Å². The van der Waals surface area contributed by atoms with Crippen molar-refractivity contribution in [2.45, 2.75) is 70.4 Å². The van der Waals surface area contributed by atoms with Crippen molar-refractivity contribution in [2.24, 2.45) is 5.92 Å². The SMILES string of the molecule is CCCCNC(=O)N1CCC(N2CCCC(C(=O)NC3CC3)C2)CC1. The van der Waals surface area contributed by atoms with E-state index in [1.165, 1.54) is 0 Å². The zero-order chi connectivity index (χ0) is 17.6. The Kier molecular flexibility index (Phi) is 6.57.